The van der Waals surface area contributed by atoms with Gasteiger partial charge in [-0.1, -0.05) is 28.1 Å². The predicted molar refractivity (Wildman–Crippen MR) is 82.0 cm³/mol. The first-order valence-electron chi connectivity index (χ1n) is 6.15. The summed E-state index contributed by atoms with van der Waals surface area (Å²) < 4.78 is 2.73. The molecule has 0 saturated carbocycles. The Hall–Kier alpha value is -2.14. The number of anilines is 1. The van der Waals surface area contributed by atoms with E-state index in [1.165, 1.54) is 0 Å². The number of benzene rings is 1. The zero-order valence-corrected chi connectivity index (χ0v) is 12.4. The number of fused-ring (bicyclic) bond motifs is 1. The second kappa shape index (κ2) is 5.09. The van der Waals surface area contributed by atoms with E-state index in [1.54, 1.807) is 22.9 Å². The Morgan fingerprint density at radius 2 is 2.15 bits per heavy atom. The standard InChI is InChI=1S/C15H12BrN3O/c1-10-5-6-11(9-12(10)16)18-15(20)13-3-2-4-14-17-7-8-19(13)14/h2-9H,1H3,(H,18,20). The van der Waals surface area contributed by atoms with Crippen LogP contribution < -0.4 is 5.32 Å². The van der Waals surface area contributed by atoms with Crippen LogP contribution >= 0.6 is 15.9 Å². The van der Waals surface area contributed by atoms with Gasteiger partial charge >= 0.3 is 0 Å². The van der Waals surface area contributed by atoms with E-state index >= 15 is 0 Å². The van der Waals surface area contributed by atoms with Crippen molar-refractivity contribution in [1.29, 1.82) is 0 Å². The van der Waals surface area contributed by atoms with Crippen molar-refractivity contribution < 1.29 is 4.79 Å². The second-order valence-corrected chi connectivity index (χ2v) is 5.34. The number of carbonyl (C=O) groups is 1. The summed E-state index contributed by atoms with van der Waals surface area (Å²) in [7, 11) is 0. The number of nitrogens with zero attached hydrogens (tertiary/aromatic N) is 2. The topological polar surface area (TPSA) is 46.4 Å². The molecule has 2 heterocycles. The zero-order valence-electron chi connectivity index (χ0n) is 10.8. The molecule has 1 aromatic carbocycles. The van der Waals surface area contributed by atoms with Crippen molar-refractivity contribution in [1.82, 2.24) is 9.38 Å². The summed E-state index contributed by atoms with van der Waals surface area (Å²) in [5, 5.41) is 2.89. The molecule has 0 spiro atoms. The monoisotopic (exact) mass is 329 g/mol. The molecule has 0 saturated heterocycles. The van der Waals surface area contributed by atoms with Gasteiger partial charge in [-0.3, -0.25) is 9.20 Å². The first kappa shape index (κ1) is 12.9. The van der Waals surface area contributed by atoms with Gasteiger partial charge in [-0.05, 0) is 36.8 Å². The summed E-state index contributed by atoms with van der Waals surface area (Å²) >= 11 is 3.46. The van der Waals surface area contributed by atoms with Crippen LogP contribution in [0.4, 0.5) is 5.69 Å². The van der Waals surface area contributed by atoms with Crippen LogP contribution in [0.1, 0.15) is 16.1 Å². The SMILES string of the molecule is Cc1ccc(NC(=O)c2cccc3nccn23)cc1Br. The molecule has 5 heteroatoms. The fourth-order valence-electron chi connectivity index (χ4n) is 2.00. The van der Waals surface area contributed by atoms with E-state index in [4.69, 9.17) is 0 Å². The molecule has 0 aliphatic rings. The Bertz CT molecular complexity index is 795. The van der Waals surface area contributed by atoms with Crippen LogP contribution in [-0.4, -0.2) is 15.3 Å². The van der Waals surface area contributed by atoms with Crippen LogP contribution in [0.15, 0.2) is 53.3 Å². The summed E-state index contributed by atoms with van der Waals surface area (Å²) in [6, 6.07) is 11.2. The first-order valence-corrected chi connectivity index (χ1v) is 6.94. The fraction of sp³-hybridized carbons (Fsp3) is 0.0667. The number of hydrogen-bond donors (Lipinski definition) is 1. The average Bonchev–Trinajstić information content (AvgIpc) is 2.91. The van der Waals surface area contributed by atoms with Gasteiger partial charge in [-0.2, -0.15) is 0 Å². The average molecular weight is 330 g/mol. The van der Waals surface area contributed by atoms with E-state index in [0.29, 0.717) is 5.69 Å². The van der Waals surface area contributed by atoms with Crippen molar-refractivity contribution >= 4 is 33.2 Å². The number of amides is 1. The van der Waals surface area contributed by atoms with Crippen molar-refractivity contribution in [2.24, 2.45) is 0 Å². The number of hydrogen-bond acceptors (Lipinski definition) is 2. The maximum Gasteiger partial charge on any atom is 0.272 e. The molecule has 0 atom stereocenters. The number of imidazole rings is 1. The molecule has 0 aliphatic carbocycles. The van der Waals surface area contributed by atoms with Gasteiger partial charge in [0.25, 0.3) is 5.91 Å². The lowest BCUT2D eigenvalue weighted by atomic mass is 10.2. The van der Waals surface area contributed by atoms with Gasteiger partial charge in [0.2, 0.25) is 0 Å². The lowest BCUT2D eigenvalue weighted by Gasteiger charge is -2.08. The van der Waals surface area contributed by atoms with Crippen LogP contribution in [0.25, 0.3) is 5.65 Å². The molecule has 100 valence electrons. The minimum absolute atomic E-state index is 0.163. The van der Waals surface area contributed by atoms with Gasteiger partial charge in [0.1, 0.15) is 11.3 Å². The molecule has 0 radical (unpaired) electrons. The Kier molecular flexibility index (Phi) is 3.28. The summed E-state index contributed by atoms with van der Waals surface area (Å²) in [6.45, 7) is 2.00. The van der Waals surface area contributed by atoms with Crippen molar-refractivity contribution in [2.75, 3.05) is 5.32 Å². The van der Waals surface area contributed by atoms with E-state index in [-0.39, 0.29) is 5.91 Å². The molecule has 2 aromatic heterocycles. The normalized spacial score (nSPS) is 10.7. The van der Waals surface area contributed by atoms with Crippen molar-refractivity contribution in [2.45, 2.75) is 6.92 Å². The van der Waals surface area contributed by atoms with Gasteiger partial charge < -0.3 is 5.32 Å². The number of halogens is 1. The fourth-order valence-corrected chi connectivity index (χ4v) is 2.38. The molecule has 20 heavy (non-hydrogen) atoms. The first-order chi connectivity index (χ1) is 9.65. The van der Waals surface area contributed by atoms with Crippen molar-refractivity contribution in [3.05, 3.63) is 64.5 Å². The van der Waals surface area contributed by atoms with E-state index in [9.17, 15) is 4.79 Å². The molecule has 0 aliphatic heterocycles. The Balaban J connectivity index is 1.93. The van der Waals surface area contributed by atoms with Crippen LogP contribution in [0.3, 0.4) is 0 Å². The van der Waals surface area contributed by atoms with Gasteiger partial charge in [-0.15, -0.1) is 0 Å². The van der Waals surface area contributed by atoms with Crippen LogP contribution in [0, 0.1) is 6.92 Å². The third-order valence-corrected chi connectivity index (χ3v) is 3.94. The summed E-state index contributed by atoms with van der Waals surface area (Å²) in [6.07, 6.45) is 3.45. The summed E-state index contributed by atoms with van der Waals surface area (Å²) in [5.41, 5.74) is 3.18. The minimum atomic E-state index is -0.163. The van der Waals surface area contributed by atoms with Crippen LogP contribution in [-0.2, 0) is 0 Å². The quantitative estimate of drug-likeness (QED) is 0.779. The van der Waals surface area contributed by atoms with Gasteiger partial charge in [0, 0.05) is 22.6 Å². The molecule has 3 rings (SSSR count). The Morgan fingerprint density at radius 3 is 2.95 bits per heavy atom. The molecule has 1 N–H and O–H groups in total. The van der Waals surface area contributed by atoms with E-state index in [0.717, 1.165) is 21.4 Å². The lowest BCUT2D eigenvalue weighted by molar-refractivity contribution is 0.102. The third-order valence-electron chi connectivity index (χ3n) is 3.09. The maximum absolute atomic E-state index is 12.3. The van der Waals surface area contributed by atoms with Crippen molar-refractivity contribution in [3.8, 4) is 0 Å². The highest BCUT2D eigenvalue weighted by Gasteiger charge is 2.10. The van der Waals surface area contributed by atoms with E-state index in [2.05, 4.69) is 26.2 Å². The number of nitrogens with one attached hydrogen (secondary N) is 1. The van der Waals surface area contributed by atoms with E-state index < -0.39 is 0 Å². The summed E-state index contributed by atoms with van der Waals surface area (Å²) in [4.78, 5) is 16.5. The number of aryl methyl sites for hydroxylation is 1. The largest absolute Gasteiger partial charge is 0.321 e. The van der Waals surface area contributed by atoms with Gasteiger partial charge in [0.05, 0.1) is 0 Å². The van der Waals surface area contributed by atoms with Crippen LogP contribution in [0.5, 0.6) is 0 Å². The molecule has 0 bridgehead atoms. The summed E-state index contributed by atoms with van der Waals surface area (Å²) in [5.74, 6) is -0.163. The highest BCUT2D eigenvalue weighted by Crippen LogP contribution is 2.21. The molecule has 0 fully saturated rings. The third kappa shape index (κ3) is 2.32. The van der Waals surface area contributed by atoms with E-state index in [1.807, 2.05) is 37.3 Å². The molecular formula is C15H12BrN3O. The van der Waals surface area contributed by atoms with Gasteiger partial charge in [-0.25, -0.2) is 4.98 Å². The lowest BCUT2D eigenvalue weighted by Crippen LogP contribution is -2.15. The molecule has 1 amide bonds. The predicted octanol–water partition coefficient (Wildman–Crippen LogP) is 3.66. The number of carbonyl (C=O) groups excluding carboxylic acids is 1. The van der Waals surface area contributed by atoms with Crippen molar-refractivity contribution in [3.63, 3.8) is 0 Å². The molecule has 4 nitrogen and oxygen atoms in total. The minimum Gasteiger partial charge on any atom is -0.321 e. The number of pyridine rings is 1. The van der Waals surface area contributed by atoms with Crippen LogP contribution in [0.2, 0.25) is 0 Å². The maximum atomic E-state index is 12.3. The molecule has 3 aromatic rings. The highest BCUT2D eigenvalue weighted by molar-refractivity contribution is 9.10. The molecule has 0 unspecified atom stereocenters. The second-order valence-electron chi connectivity index (χ2n) is 4.48. The number of rotatable bonds is 2. The Morgan fingerprint density at radius 1 is 1.30 bits per heavy atom. The highest BCUT2D eigenvalue weighted by atomic mass is 79.9. The molecular weight excluding hydrogens is 318 g/mol. The zero-order chi connectivity index (χ0) is 14.1. The number of aromatic nitrogens is 2. The smallest absolute Gasteiger partial charge is 0.272 e. The Labute approximate surface area is 124 Å². The van der Waals surface area contributed by atoms with Gasteiger partial charge in [0.15, 0.2) is 0 Å².